The summed E-state index contributed by atoms with van der Waals surface area (Å²) in [5.41, 5.74) is 5.07. The van der Waals surface area contributed by atoms with Crippen molar-refractivity contribution in [3.05, 3.63) is 83.8 Å². The van der Waals surface area contributed by atoms with Crippen LogP contribution in [0.4, 0.5) is 0 Å². The molecule has 2 aromatic carbocycles. The van der Waals surface area contributed by atoms with E-state index in [0.717, 1.165) is 28.0 Å². The van der Waals surface area contributed by atoms with Gasteiger partial charge in [-0.3, -0.25) is 4.79 Å². The van der Waals surface area contributed by atoms with E-state index in [2.05, 4.69) is 15.0 Å². The number of carbonyl (C=O) groups excluding carboxylic acids is 1. The second-order valence-electron chi connectivity index (χ2n) is 6.06. The van der Waals surface area contributed by atoms with E-state index in [9.17, 15) is 4.79 Å². The maximum atomic E-state index is 11.9. The molecule has 0 aliphatic carbocycles. The second kappa shape index (κ2) is 6.76. The van der Waals surface area contributed by atoms with Crippen molar-refractivity contribution in [2.45, 2.75) is 6.92 Å². The standard InChI is InChI=1S/C22H17N3O/c1-15(26)18-9-5-6-10-19(18)17-13-20-22(23-14-17)25-21(24-20)12-11-16-7-3-2-4-8-16/h2-14H,1H3,(H,23,24,25)/b12-11+. The average molecular weight is 339 g/mol. The molecule has 4 nitrogen and oxygen atoms in total. The Labute approximate surface area is 151 Å². The molecule has 2 aromatic heterocycles. The number of nitrogens with one attached hydrogen (secondary N) is 1. The Bertz CT molecular complexity index is 1110. The molecule has 0 amide bonds. The lowest BCUT2D eigenvalue weighted by Crippen LogP contribution is -1.96. The fourth-order valence-corrected chi connectivity index (χ4v) is 2.93. The van der Waals surface area contributed by atoms with Crippen LogP contribution in [-0.4, -0.2) is 20.7 Å². The minimum absolute atomic E-state index is 0.0387. The number of nitrogens with zero attached hydrogens (tertiary/aromatic N) is 2. The van der Waals surface area contributed by atoms with E-state index in [-0.39, 0.29) is 5.78 Å². The lowest BCUT2D eigenvalue weighted by atomic mass is 9.99. The van der Waals surface area contributed by atoms with Crippen molar-refractivity contribution in [3.8, 4) is 11.1 Å². The summed E-state index contributed by atoms with van der Waals surface area (Å²) in [5, 5.41) is 0. The van der Waals surface area contributed by atoms with Crippen molar-refractivity contribution < 1.29 is 4.79 Å². The number of aromatic amines is 1. The van der Waals surface area contributed by atoms with Crippen LogP contribution in [0.25, 0.3) is 34.4 Å². The van der Waals surface area contributed by atoms with E-state index in [1.165, 1.54) is 0 Å². The molecule has 4 heteroatoms. The van der Waals surface area contributed by atoms with Crippen molar-refractivity contribution >= 4 is 29.1 Å². The Morgan fingerprint density at radius 3 is 2.58 bits per heavy atom. The largest absolute Gasteiger partial charge is 0.337 e. The highest BCUT2D eigenvalue weighted by Crippen LogP contribution is 2.26. The van der Waals surface area contributed by atoms with Crippen LogP contribution in [0, 0.1) is 0 Å². The summed E-state index contributed by atoms with van der Waals surface area (Å²) in [4.78, 5) is 24.1. The number of ketones is 1. The molecule has 26 heavy (non-hydrogen) atoms. The Kier molecular flexibility index (Phi) is 4.15. The molecule has 2 heterocycles. The number of H-pyrrole nitrogens is 1. The zero-order chi connectivity index (χ0) is 17.9. The Morgan fingerprint density at radius 1 is 1.00 bits per heavy atom. The van der Waals surface area contributed by atoms with Crippen molar-refractivity contribution in [1.82, 2.24) is 15.0 Å². The molecule has 0 spiro atoms. The number of hydrogen-bond donors (Lipinski definition) is 1. The first kappa shape index (κ1) is 16.0. The number of aromatic nitrogens is 3. The van der Waals surface area contributed by atoms with Crippen LogP contribution in [0.3, 0.4) is 0 Å². The summed E-state index contributed by atoms with van der Waals surface area (Å²) in [7, 11) is 0. The predicted octanol–water partition coefficient (Wildman–Crippen LogP) is 5.00. The summed E-state index contributed by atoms with van der Waals surface area (Å²) in [5.74, 6) is 0.783. The number of carbonyl (C=O) groups is 1. The number of pyridine rings is 1. The first-order chi connectivity index (χ1) is 12.7. The van der Waals surface area contributed by atoms with Crippen LogP contribution in [0.15, 0.2) is 66.9 Å². The van der Waals surface area contributed by atoms with E-state index in [0.29, 0.717) is 11.2 Å². The highest BCUT2D eigenvalue weighted by atomic mass is 16.1. The molecule has 0 saturated heterocycles. The van der Waals surface area contributed by atoms with Crippen LogP contribution >= 0.6 is 0 Å². The number of benzene rings is 2. The van der Waals surface area contributed by atoms with Gasteiger partial charge in [-0.15, -0.1) is 0 Å². The molecule has 0 atom stereocenters. The van der Waals surface area contributed by atoms with Gasteiger partial charge in [-0.2, -0.15) is 0 Å². The maximum absolute atomic E-state index is 11.9. The molecule has 0 aliphatic heterocycles. The first-order valence-electron chi connectivity index (χ1n) is 8.40. The van der Waals surface area contributed by atoms with Crippen LogP contribution in [0.1, 0.15) is 28.7 Å². The summed E-state index contributed by atoms with van der Waals surface area (Å²) in [6.45, 7) is 1.58. The molecule has 4 aromatic rings. The molecule has 0 aliphatic rings. The minimum Gasteiger partial charge on any atom is -0.337 e. The monoisotopic (exact) mass is 339 g/mol. The van der Waals surface area contributed by atoms with Crippen LogP contribution in [0.5, 0.6) is 0 Å². The van der Waals surface area contributed by atoms with Gasteiger partial charge in [0.1, 0.15) is 5.82 Å². The summed E-state index contributed by atoms with van der Waals surface area (Å²) >= 11 is 0. The van der Waals surface area contributed by atoms with Crippen molar-refractivity contribution in [2.24, 2.45) is 0 Å². The molecule has 126 valence electrons. The van der Waals surface area contributed by atoms with Crippen molar-refractivity contribution in [3.63, 3.8) is 0 Å². The van der Waals surface area contributed by atoms with Gasteiger partial charge in [0.05, 0.1) is 5.52 Å². The molecule has 0 radical (unpaired) electrons. The SMILES string of the molecule is CC(=O)c1ccccc1-c1cnc2nc(/C=C/c3ccccc3)[nH]c2c1. The normalized spacial score (nSPS) is 11.3. The quantitative estimate of drug-likeness (QED) is 0.532. The number of rotatable bonds is 4. The summed E-state index contributed by atoms with van der Waals surface area (Å²) < 4.78 is 0. The fraction of sp³-hybridized carbons (Fsp3) is 0.0455. The topological polar surface area (TPSA) is 58.6 Å². The highest BCUT2D eigenvalue weighted by Gasteiger charge is 2.10. The van der Waals surface area contributed by atoms with Gasteiger partial charge in [-0.1, -0.05) is 60.7 Å². The van der Waals surface area contributed by atoms with E-state index < -0.39 is 0 Å². The lowest BCUT2D eigenvalue weighted by molar-refractivity contribution is 0.101. The molecule has 0 saturated carbocycles. The fourth-order valence-electron chi connectivity index (χ4n) is 2.93. The third kappa shape index (κ3) is 3.17. The van der Waals surface area contributed by atoms with E-state index in [1.54, 1.807) is 13.1 Å². The predicted molar refractivity (Wildman–Crippen MR) is 105 cm³/mol. The van der Waals surface area contributed by atoms with Gasteiger partial charge in [0, 0.05) is 17.3 Å². The number of imidazole rings is 1. The van der Waals surface area contributed by atoms with Crippen LogP contribution < -0.4 is 0 Å². The van der Waals surface area contributed by atoms with Crippen LogP contribution in [0.2, 0.25) is 0 Å². The molecule has 4 rings (SSSR count). The van der Waals surface area contributed by atoms with Crippen molar-refractivity contribution in [2.75, 3.05) is 0 Å². The summed E-state index contributed by atoms with van der Waals surface area (Å²) in [6.07, 6.45) is 5.69. The van der Waals surface area contributed by atoms with Gasteiger partial charge in [0.25, 0.3) is 0 Å². The lowest BCUT2D eigenvalue weighted by Gasteiger charge is -2.06. The van der Waals surface area contributed by atoms with Gasteiger partial charge >= 0.3 is 0 Å². The van der Waals surface area contributed by atoms with Crippen LogP contribution in [-0.2, 0) is 0 Å². The molecular weight excluding hydrogens is 322 g/mol. The zero-order valence-electron chi connectivity index (χ0n) is 14.3. The third-order valence-electron chi connectivity index (χ3n) is 4.21. The highest BCUT2D eigenvalue weighted by molar-refractivity contribution is 6.01. The molecule has 0 unspecified atom stereocenters. The Balaban J connectivity index is 1.71. The molecule has 0 fully saturated rings. The number of fused-ring (bicyclic) bond motifs is 1. The van der Waals surface area contributed by atoms with E-state index in [1.807, 2.05) is 72.8 Å². The summed E-state index contributed by atoms with van der Waals surface area (Å²) in [6, 6.07) is 19.6. The molecule has 1 N–H and O–H groups in total. The zero-order valence-corrected chi connectivity index (χ0v) is 14.3. The Hall–Kier alpha value is -3.53. The van der Waals surface area contributed by atoms with Gasteiger partial charge in [0.2, 0.25) is 0 Å². The average Bonchev–Trinajstić information content (AvgIpc) is 3.09. The molecular formula is C22H17N3O. The third-order valence-corrected chi connectivity index (χ3v) is 4.21. The number of hydrogen-bond acceptors (Lipinski definition) is 3. The van der Waals surface area contributed by atoms with Gasteiger partial charge in [0.15, 0.2) is 11.4 Å². The van der Waals surface area contributed by atoms with Gasteiger partial charge in [-0.05, 0) is 30.2 Å². The maximum Gasteiger partial charge on any atom is 0.178 e. The van der Waals surface area contributed by atoms with E-state index in [4.69, 9.17) is 0 Å². The van der Waals surface area contributed by atoms with E-state index >= 15 is 0 Å². The minimum atomic E-state index is 0.0387. The van der Waals surface area contributed by atoms with Gasteiger partial charge in [-0.25, -0.2) is 9.97 Å². The first-order valence-corrected chi connectivity index (χ1v) is 8.40. The second-order valence-corrected chi connectivity index (χ2v) is 6.06. The van der Waals surface area contributed by atoms with Gasteiger partial charge < -0.3 is 4.98 Å². The van der Waals surface area contributed by atoms with Crippen molar-refractivity contribution in [1.29, 1.82) is 0 Å². The smallest absolute Gasteiger partial charge is 0.178 e. The number of Topliss-reactive ketones (excluding diaryl/α,β-unsaturated/α-hetero) is 1. The Morgan fingerprint density at radius 2 is 1.77 bits per heavy atom. The molecule has 0 bridgehead atoms.